The largest absolute Gasteiger partial charge is 0.507 e. The quantitative estimate of drug-likeness (QED) is 0.807. The molecule has 0 saturated carbocycles. The number of aromatic hydroxyl groups is 2. The zero-order valence-electron chi connectivity index (χ0n) is 14.3. The maximum absolute atomic E-state index is 9.52. The van der Waals surface area contributed by atoms with Crippen molar-refractivity contribution in [2.75, 3.05) is 6.67 Å². The molecular weight excluding hydrogens is 288 g/mol. The number of aliphatic imine (C=N–C) groups is 2. The summed E-state index contributed by atoms with van der Waals surface area (Å²) in [6, 6.07) is 13.9. The lowest BCUT2D eigenvalue weighted by molar-refractivity contribution is 0.474. The van der Waals surface area contributed by atoms with E-state index in [2.05, 4.69) is 9.98 Å². The second-order valence-corrected chi connectivity index (χ2v) is 3.88. The van der Waals surface area contributed by atoms with Crippen LogP contribution in [0.1, 0.15) is 38.8 Å². The first-order valence-electron chi connectivity index (χ1n) is 7.83. The van der Waals surface area contributed by atoms with Crippen molar-refractivity contribution in [1.29, 1.82) is 0 Å². The molecule has 4 nitrogen and oxygen atoms in total. The Labute approximate surface area is 138 Å². The summed E-state index contributed by atoms with van der Waals surface area (Å²) in [5, 5.41) is 19.0. The molecule has 124 valence electrons. The monoisotopic (exact) mass is 314 g/mol. The van der Waals surface area contributed by atoms with Crippen molar-refractivity contribution in [1.82, 2.24) is 0 Å². The normalized spacial score (nSPS) is 9.91. The SMILES string of the molecule is CC.CC.Oc1ccccc1C=NCN=Cc1ccccc1O. The van der Waals surface area contributed by atoms with Gasteiger partial charge >= 0.3 is 0 Å². The zero-order chi connectivity index (χ0) is 17.5. The van der Waals surface area contributed by atoms with E-state index >= 15 is 0 Å². The number of para-hydroxylation sites is 2. The van der Waals surface area contributed by atoms with E-state index in [1.165, 1.54) is 0 Å². The highest BCUT2D eigenvalue weighted by Gasteiger charge is 1.94. The Morgan fingerprint density at radius 2 is 1.04 bits per heavy atom. The summed E-state index contributed by atoms with van der Waals surface area (Å²) in [5.41, 5.74) is 1.31. The molecule has 0 saturated heterocycles. The molecular formula is C19H26N2O2. The summed E-state index contributed by atoms with van der Waals surface area (Å²) >= 11 is 0. The van der Waals surface area contributed by atoms with Crippen molar-refractivity contribution >= 4 is 12.4 Å². The maximum atomic E-state index is 9.52. The van der Waals surface area contributed by atoms with Gasteiger partial charge in [0.1, 0.15) is 18.2 Å². The van der Waals surface area contributed by atoms with Crippen molar-refractivity contribution in [2.45, 2.75) is 27.7 Å². The van der Waals surface area contributed by atoms with Gasteiger partial charge in [0, 0.05) is 23.6 Å². The van der Waals surface area contributed by atoms with Gasteiger partial charge < -0.3 is 10.2 Å². The molecule has 0 aromatic heterocycles. The average molecular weight is 314 g/mol. The van der Waals surface area contributed by atoms with Gasteiger partial charge in [-0.1, -0.05) is 52.0 Å². The predicted octanol–water partition coefficient (Wildman–Crippen LogP) is 4.65. The number of phenols is 2. The molecule has 4 heteroatoms. The van der Waals surface area contributed by atoms with Gasteiger partial charge in [-0.25, -0.2) is 0 Å². The van der Waals surface area contributed by atoms with Crippen LogP contribution in [-0.2, 0) is 0 Å². The molecule has 2 aromatic rings. The Balaban J connectivity index is 0.00000112. The van der Waals surface area contributed by atoms with E-state index in [1.807, 2.05) is 39.8 Å². The minimum absolute atomic E-state index is 0.191. The van der Waals surface area contributed by atoms with E-state index < -0.39 is 0 Å². The Morgan fingerprint density at radius 1 is 0.696 bits per heavy atom. The van der Waals surface area contributed by atoms with Crippen LogP contribution in [0, 0.1) is 0 Å². The fraction of sp³-hybridized carbons (Fsp3) is 0.263. The Bertz CT molecular complexity index is 554. The molecule has 0 bridgehead atoms. The lowest BCUT2D eigenvalue weighted by Crippen LogP contribution is -1.85. The van der Waals surface area contributed by atoms with Crippen molar-refractivity contribution < 1.29 is 10.2 Å². The molecule has 0 spiro atoms. The van der Waals surface area contributed by atoms with Crippen molar-refractivity contribution in [3.05, 3.63) is 59.7 Å². The summed E-state index contributed by atoms with van der Waals surface area (Å²) < 4.78 is 0. The molecule has 0 amide bonds. The molecule has 2 N–H and O–H groups in total. The summed E-state index contributed by atoms with van der Waals surface area (Å²) in [7, 11) is 0. The number of hydrogen-bond acceptors (Lipinski definition) is 4. The highest BCUT2D eigenvalue weighted by Crippen LogP contribution is 2.13. The van der Waals surface area contributed by atoms with Gasteiger partial charge in [0.2, 0.25) is 0 Å². The Kier molecular flexibility index (Phi) is 11.6. The fourth-order valence-electron chi connectivity index (χ4n) is 1.52. The van der Waals surface area contributed by atoms with E-state index in [4.69, 9.17) is 0 Å². The molecule has 0 aliphatic rings. The summed E-state index contributed by atoms with van der Waals surface area (Å²) in [6.45, 7) is 8.24. The Morgan fingerprint density at radius 3 is 1.39 bits per heavy atom. The van der Waals surface area contributed by atoms with Crippen LogP contribution < -0.4 is 0 Å². The number of hydrogen-bond donors (Lipinski definition) is 2. The summed E-state index contributed by atoms with van der Waals surface area (Å²) in [4.78, 5) is 8.17. The first-order valence-corrected chi connectivity index (χ1v) is 7.83. The minimum atomic E-state index is 0.191. The molecule has 0 fully saturated rings. The van der Waals surface area contributed by atoms with Gasteiger partial charge in [-0.2, -0.15) is 0 Å². The molecule has 2 aromatic carbocycles. The van der Waals surface area contributed by atoms with Crippen LogP contribution in [0.4, 0.5) is 0 Å². The molecule has 0 aliphatic carbocycles. The molecule has 0 unspecified atom stereocenters. The van der Waals surface area contributed by atoms with Crippen molar-refractivity contribution in [3.8, 4) is 11.5 Å². The Hall–Kier alpha value is -2.62. The second-order valence-electron chi connectivity index (χ2n) is 3.88. The summed E-state index contributed by atoms with van der Waals surface area (Å²) in [5.74, 6) is 0.381. The molecule has 0 atom stereocenters. The topological polar surface area (TPSA) is 65.2 Å². The van der Waals surface area contributed by atoms with Crippen LogP contribution in [-0.4, -0.2) is 29.3 Å². The van der Waals surface area contributed by atoms with Gasteiger partial charge in [0.05, 0.1) is 0 Å². The number of nitrogens with zero attached hydrogens (tertiary/aromatic N) is 2. The van der Waals surface area contributed by atoms with Gasteiger partial charge in [-0.05, 0) is 24.3 Å². The van der Waals surface area contributed by atoms with E-state index in [9.17, 15) is 10.2 Å². The third-order valence-corrected chi connectivity index (χ3v) is 2.50. The van der Waals surface area contributed by atoms with Crippen molar-refractivity contribution in [2.24, 2.45) is 9.98 Å². The van der Waals surface area contributed by atoms with Crippen LogP contribution in [0.3, 0.4) is 0 Å². The van der Waals surface area contributed by atoms with Crippen LogP contribution in [0.5, 0.6) is 11.5 Å². The molecule has 23 heavy (non-hydrogen) atoms. The molecule has 0 aliphatic heterocycles. The third kappa shape index (κ3) is 7.81. The highest BCUT2D eigenvalue weighted by molar-refractivity contribution is 5.84. The molecule has 2 rings (SSSR count). The number of phenolic OH excluding ortho intramolecular Hbond substituents is 2. The van der Waals surface area contributed by atoms with E-state index in [0.29, 0.717) is 11.1 Å². The van der Waals surface area contributed by atoms with E-state index in [1.54, 1.807) is 48.8 Å². The van der Waals surface area contributed by atoms with Gasteiger partial charge in [0.25, 0.3) is 0 Å². The average Bonchev–Trinajstić information content (AvgIpc) is 2.61. The predicted molar refractivity (Wildman–Crippen MR) is 99.0 cm³/mol. The van der Waals surface area contributed by atoms with Crippen LogP contribution in [0.25, 0.3) is 0 Å². The minimum Gasteiger partial charge on any atom is -0.507 e. The standard InChI is InChI=1S/C15H14N2O2.2C2H6/c18-14-7-3-1-5-12(14)9-16-11-17-10-13-6-2-4-8-15(13)19;2*1-2/h1-10,18-19H,11H2;2*1-2H3. The smallest absolute Gasteiger partial charge is 0.129 e. The lowest BCUT2D eigenvalue weighted by Gasteiger charge is -1.96. The highest BCUT2D eigenvalue weighted by atomic mass is 16.3. The van der Waals surface area contributed by atoms with Crippen molar-refractivity contribution in [3.63, 3.8) is 0 Å². The maximum Gasteiger partial charge on any atom is 0.129 e. The first-order chi connectivity index (χ1) is 11.3. The number of rotatable bonds is 4. The lowest BCUT2D eigenvalue weighted by atomic mass is 10.2. The van der Waals surface area contributed by atoms with Gasteiger partial charge in [0.15, 0.2) is 0 Å². The van der Waals surface area contributed by atoms with Crippen LogP contribution in [0.2, 0.25) is 0 Å². The molecule has 0 heterocycles. The summed E-state index contributed by atoms with van der Waals surface area (Å²) in [6.07, 6.45) is 3.13. The van der Waals surface area contributed by atoms with Crippen LogP contribution in [0.15, 0.2) is 58.5 Å². The zero-order valence-corrected chi connectivity index (χ0v) is 14.3. The van der Waals surface area contributed by atoms with Gasteiger partial charge in [-0.3, -0.25) is 9.98 Å². The first kappa shape index (κ1) is 20.4. The van der Waals surface area contributed by atoms with Gasteiger partial charge in [-0.15, -0.1) is 0 Å². The van der Waals surface area contributed by atoms with E-state index in [0.717, 1.165) is 0 Å². The second kappa shape index (κ2) is 13.1. The third-order valence-electron chi connectivity index (χ3n) is 2.50. The number of benzene rings is 2. The fourth-order valence-corrected chi connectivity index (χ4v) is 1.52. The molecule has 0 radical (unpaired) electrons. The van der Waals surface area contributed by atoms with Crippen LogP contribution >= 0.6 is 0 Å². The van der Waals surface area contributed by atoms with E-state index in [-0.39, 0.29) is 18.2 Å².